The maximum atomic E-state index is 14.3. The van der Waals surface area contributed by atoms with Crippen LogP contribution in [-0.4, -0.2) is 33.1 Å². The molecule has 1 N–H and O–H groups in total. The predicted molar refractivity (Wildman–Crippen MR) is 145 cm³/mol. The van der Waals surface area contributed by atoms with E-state index in [-0.39, 0.29) is 17.3 Å². The molecule has 0 saturated carbocycles. The van der Waals surface area contributed by atoms with Crippen LogP contribution in [0.5, 0.6) is 0 Å². The third kappa shape index (κ3) is 4.93. The fraction of sp³-hybridized carbons (Fsp3) is 0.138. The van der Waals surface area contributed by atoms with E-state index in [0.29, 0.717) is 17.8 Å². The fourth-order valence-electron chi connectivity index (χ4n) is 4.33. The molecule has 4 aromatic rings. The molecule has 6 nitrogen and oxygen atoms in total. The highest BCUT2D eigenvalue weighted by Crippen LogP contribution is 2.34. The van der Waals surface area contributed by atoms with Crippen LogP contribution in [0.25, 0.3) is 17.0 Å². The average molecular weight is 514 g/mol. The Bertz CT molecular complexity index is 1590. The molecule has 0 bridgehead atoms. The van der Waals surface area contributed by atoms with Crippen molar-refractivity contribution in [1.82, 2.24) is 9.47 Å². The molecule has 5 rings (SSSR count). The largest absolute Gasteiger partial charge is 0.342 e. The molecular weight excluding hydrogens is 489 g/mol. The number of anilines is 1. The molecule has 8 heteroatoms. The summed E-state index contributed by atoms with van der Waals surface area (Å²) in [4.78, 5) is 39.6. The van der Waals surface area contributed by atoms with Gasteiger partial charge in [-0.15, -0.1) is 0 Å². The molecule has 37 heavy (non-hydrogen) atoms. The topological polar surface area (TPSA) is 71.4 Å². The highest BCUT2D eigenvalue weighted by atomic mass is 32.2. The van der Waals surface area contributed by atoms with E-state index >= 15 is 0 Å². The van der Waals surface area contributed by atoms with E-state index < -0.39 is 17.1 Å². The van der Waals surface area contributed by atoms with Gasteiger partial charge >= 0.3 is 0 Å². The van der Waals surface area contributed by atoms with Gasteiger partial charge in [-0.3, -0.25) is 19.3 Å². The molecule has 2 heterocycles. The lowest BCUT2D eigenvalue weighted by atomic mass is 10.1. The number of halogens is 1. The first kappa shape index (κ1) is 24.5. The van der Waals surface area contributed by atoms with E-state index in [1.54, 1.807) is 30.3 Å². The molecule has 1 saturated heterocycles. The van der Waals surface area contributed by atoms with Crippen molar-refractivity contribution < 1.29 is 18.8 Å². The highest BCUT2D eigenvalue weighted by Gasteiger charge is 2.36. The van der Waals surface area contributed by atoms with Crippen molar-refractivity contribution in [3.8, 4) is 0 Å². The normalized spacial score (nSPS) is 14.7. The molecular formula is C29H24FN3O3S. The van der Waals surface area contributed by atoms with E-state index in [0.717, 1.165) is 44.3 Å². The number of carbonyl (C=O) groups is 3. The lowest BCUT2D eigenvalue weighted by Gasteiger charge is -2.14. The molecule has 3 amide bonds. The second kappa shape index (κ2) is 10.1. The molecule has 1 aliphatic heterocycles. The second-order valence-corrected chi connectivity index (χ2v) is 9.88. The molecule has 0 spiro atoms. The first-order valence-electron chi connectivity index (χ1n) is 11.7. The molecule has 0 unspecified atom stereocenters. The maximum Gasteiger partial charge on any atom is 0.294 e. The lowest BCUT2D eigenvalue weighted by molar-refractivity contribution is -0.127. The number of imide groups is 1. The summed E-state index contributed by atoms with van der Waals surface area (Å²) >= 11 is 0.804. The number of thioether (sulfide) groups is 1. The van der Waals surface area contributed by atoms with Gasteiger partial charge in [0.1, 0.15) is 12.4 Å². The molecule has 1 aliphatic rings. The number of fused-ring (bicyclic) bond motifs is 1. The number of rotatable bonds is 6. The van der Waals surface area contributed by atoms with Crippen molar-refractivity contribution in [3.05, 3.63) is 106 Å². The number of aryl methyl sites for hydroxylation is 1. The zero-order chi connectivity index (χ0) is 26.1. The van der Waals surface area contributed by atoms with Gasteiger partial charge in [0.05, 0.1) is 11.4 Å². The average Bonchev–Trinajstić information content (AvgIpc) is 3.35. The summed E-state index contributed by atoms with van der Waals surface area (Å²) < 4.78 is 16.2. The van der Waals surface area contributed by atoms with Crippen molar-refractivity contribution in [1.29, 1.82) is 0 Å². The van der Waals surface area contributed by atoms with Gasteiger partial charge in [-0.2, -0.15) is 0 Å². The van der Waals surface area contributed by atoms with Crippen molar-refractivity contribution in [3.63, 3.8) is 0 Å². The third-order valence-electron chi connectivity index (χ3n) is 6.46. The number of aromatic nitrogens is 1. The summed E-state index contributed by atoms with van der Waals surface area (Å²) in [5.74, 6) is -1.25. The van der Waals surface area contributed by atoms with Gasteiger partial charge in [0.2, 0.25) is 5.91 Å². The quantitative estimate of drug-likeness (QED) is 0.315. The number of hydrogen-bond donors (Lipinski definition) is 1. The summed E-state index contributed by atoms with van der Waals surface area (Å²) in [6.07, 6.45) is 3.51. The van der Waals surface area contributed by atoms with Gasteiger partial charge < -0.3 is 9.88 Å². The molecule has 1 fully saturated rings. The number of carbonyl (C=O) groups excluding carboxylic acids is 3. The number of nitrogens with one attached hydrogen (secondary N) is 1. The van der Waals surface area contributed by atoms with Crippen molar-refractivity contribution >= 4 is 51.5 Å². The number of benzene rings is 3. The second-order valence-electron chi connectivity index (χ2n) is 8.88. The van der Waals surface area contributed by atoms with E-state index in [1.807, 2.05) is 61.0 Å². The summed E-state index contributed by atoms with van der Waals surface area (Å²) in [6, 6.07) is 19.8. The Hall–Kier alpha value is -4.17. The Kier molecular flexibility index (Phi) is 6.67. The van der Waals surface area contributed by atoms with Crippen LogP contribution in [0.1, 0.15) is 22.3 Å². The van der Waals surface area contributed by atoms with Gasteiger partial charge in [-0.1, -0.05) is 48.5 Å². The van der Waals surface area contributed by atoms with Crippen LogP contribution in [0.4, 0.5) is 14.9 Å². The molecule has 0 aliphatic carbocycles. The van der Waals surface area contributed by atoms with E-state index in [2.05, 4.69) is 5.32 Å². The van der Waals surface area contributed by atoms with Crippen LogP contribution < -0.4 is 5.32 Å². The Labute approximate surface area is 217 Å². The summed E-state index contributed by atoms with van der Waals surface area (Å²) in [7, 11) is 0. The van der Waals surface area contributed by atoms with Crippen molar-refractivity contribution in [2.75, 3.05) is 11.9 Å². The molecule has 186 valence electrons. The van der Waals surface area contributed by atoms with E-state index in [1.165, 1.54) is 6.07 Å². The van der Waals surface area contributed by atoms with Gasteiger partial charge in [-0.05, 0) is 61.0 Å². The van der Waals surface area contributed by atoms with Crippen LogP contribution in [0, 0.1) is 19.7 Å². The van der Waals surface area contributed by atoms with E-state index in [9.17, 15) is 18.8 Å². The first-order valence-corrected chi connectivity index (χ1v) is 12.6. The first-order chi connectivity index (χ1) is 17.8. The van der Waals surface area contributed by atoms with Crippen LogP contribution in [-0.2, 0) is 16.1 Å². The zero-order valence-corrected chi connectivity index (χ0v) is 21.1. The molecule has 0 atom stereocenters. The molecule has 3 aromatic carbocycles. The minimum absolute atomic E-state index is 0.235. The Balaban J connectivity index is 1.38. The third-order valence-corrected chi connectivity index (χ3v) is 7.37. The number of hydrogen-bond acceptors (Lipinski definition) is 4. The summed E-state index contributed by atoms with van der Waals surface area (Å²) in [6.45, 7) is 3.79. The van der Waals surface area contributed by atoms with Gasteiger partial charge in [-0.25, -0.2) is 4.39 Å². The van der Waals surface area contributed by atoms with Crippen LogP contribution in [0.3, 0.4) is 0 Å². The van der Waals surface area contributed by atoms with Gasteiger partial charge in [0.15, 0.2) is 0 Å². The Morgan fingerprint density at radius 2 is 1.76 bits per heavy atom. The minimum Gasteiger partial charge on any atom is -0.342 e. The molecule has 0 radical (unpaired) electrons. The van der Waals surface area contributed by atoms with Gasteiger partial charge in [0.25, 0.3) is 11.1 Å². The lowest BCUT2D eigenvalue weighted by Crippen LogP contribution is -2.36. The smallest absolute Gasteiger partial charge is 0.294 e. The monoisotopic (exact) mass is 513 g/mol. The van der Waals surface area contributed by atoms with Crippen molar-refractivity contribution in [2.24, 2.45) is 0 Å². The zero-order valence-electron chi connectivity index (χ0n) is 20.3. The number of para-hydroxylation sites is 1. The minimum atomic E-state index is -0.517. The van der Waals surface area contributed by atoms with E-state index in [4.69, 9.17) is 0 Å². The van der Waals surface area contributed by atoms with Gasteiger partial charge in [0, 0.05) is 33.9 Å². The predicted octanol–water partition coefficient (Wildman–Crippen LogP) is 6.12. The number of amides is 3. The standard InChI is InChI=1S/C29H24FN3O3S/c1-18-8-7-12-24(19(18)2)31-27(34)17-33-28(35)26(37-29(33)36)14-21-16-32(25-13-6-4-10-22(21)25)15-20-9-3-5-11-23(20)30/h3-14,16H,15,17H2,1-2H3,(H,31,34)/b26-14-. The summed E-state index contributed by atoms with van der Waals surface area (Å²) in [5, 5.41) is 3.17. The van der Waals surface area contributed by atoms with Crippen LogP contribution >= 0.6 is 11.8 Å². The Morgan fingerprint density at radius 1 is 1.00 bits per heavy atom. The van der Waals surface area contributed by atoms with Crippen LogP contribution in [0.15, 0.2) is 77.8 Å². The highest BCUT2D eigenvalue weighted by molar-refractivity contribution is 8.18. The number of nitrogens with zero attached hydrogens (tertiary/aromatic N) is 2. The fourth-order valence-corrected chi connectivity index (χ4v) is 5.16. The molecule has 1 aromatic heterocycles. The van der Waals surface area contributed by atoms with Crippen molar-refractivity contribution in [2.45, 2.75) is 20.4 Å². The Morgan fingerprint density at radius 3 is 2.57 bits per heavy atom. The van der Waals surface area contributed by atoms with Crippen LogP contribution in [0.2, 0.25) is 0 Å². The maximum absolute atomic E-state index is 14.3. The summed E-state index contributed by atoms with van der Waals surface area (Å²) in [5.41, 5.74) is 4.76. The SMILES string of the molecule is Cc1cccc(NC(=O)CN2C(=O)S/C(=C\c3cn(Cc4ccccc4F)c4ccccc34)C2=O)c1C.